The van der Waals surface area contributed by atoms with Crippen LogP contribution >= 0.6 is 15.6 Å². The van der Waals surface area contributed by atoms with Crippen LogP contribution in [-0.4, -0.2) is 41.0 Å². The van der Waals surface area contributed by atoms with Crippen molar-refractivity contribution < 1.29 is 42.1 Å². The Morgan fingerprint density at radius 3 is 2.38 bits per heavy atom. The van der Waals surface area contributed by atoms with E-state index in [0.29, 0.717) is 0 Å². The number of phosphoric acid groups is 2. The van der Waals surface area contributed by atoms with Crippen LogP contribution in [-0.2, 0) is 27.2 Å². The van der Waals surface area contributed by atoms with Crippen molar-refractivity contribution >= 4 is 15.6 Å². The molecule has 1 aliphatic rings. The van der Waals surface area contributed by atoms with Crippen molar-refractivity contribution in [1.29, 1.82) is 0 Å². The number of aliphatic hydroxyl groups excluding tert-OH is 1. The third kappa shape index (κ3) is 4.21. The SMILES string of the molecule is COP(=O)(OC1OCCC1O)OP(=O)(O)O. The van der Waals surface area contributed by atoms with Crippen molar-refractivity contribution in [3.63, 3.8) is 0 Å². The summed E-state index contributed by atoms with van der Waals surface area (Å²) >= 11 is 0. The van der Waals surface area contributed by atoms with E-state index in [1.165, 1.54) is 0 Å². The Morgan fingerprint density at radius 1 is 1.38 bits per heavy atom. The molecule has 3 atom stereocenters. The van der Waals surface area contributed by atoms with Crippen LogP contribution < -0.4 is 0 Å². The van der Waals surface area contributed by atoms with E-state index in [2.05, 4.69) is 13.4 Å². The summed E-state index contributed by atoms with van der Waals surface area (Å²) in [4.78, 5) is 17.0. The lowest BCUT2D eigenvalue weighted by atomic mass is 10.3. The maximum atomic E-state index is 11.5. The quantitative estimate of drug-likeness (QED) is 0.593. The van der Waals surface area contributed by atoms with Crippen LogP contribution in [0.5, 0.6) is 0 Å². The summed E-state index contributed by atoms with van der Waals surface area (Å²) < 4.78 is 39.6. The summed E-state index contributed by atoms with van der Waals surface area (Å²) in [6.45, 7) is 0.172. The predicted octanol–water partition coefficient (Wildman–Crippen LogP) is -0.0259. The molecular formula is C5H12O9P2. The van der Waals surface area contributed by atoms with Gasteiger partial charge >= 0.3 is 15.6 Å². The lowest BCUT2D eigenvalue weighted by Crippen LogP contribution is -2.23. The minimum absolute atomic E-state index is 0.172. The van der Waals surface area contributed by atoms with Gasteiger partial charge in [0.2, 0.25) is 0 Å². The fourth-order valence-corrected chi connectivity index (χ4v) is 3.01. The Kier molecular flexibility index (Phi) is 4.65. The molecule has 0 spiro atoms. The van der Waals surface area contributed by atoms with Gasteiger partial charge in [0, 0.05) is 13.5 Å². The van der Waals surface area contributed by atoms with Crippen LogP contribution in [0.4, 0.5) is 0 Å². The molecule has 1 saturated heterocycles. The Labute approximate surface area is 91.1 Å². The zero-order valence-electron chi connectivity index (χ0n) is 8.25. The third-order valence-electron chi connectivity index (χ3n) is 1.67. The standard InChI is InChI=1S/C5H12O9P2/c1-11-16(10,14-15(7,8)9)13-5-4(6)2-3-12-5/h4-6H,2-3H2,1H3,(H2,7,8,9). The molecule has 96 valence electrons. The van der Waals surface area contributed by atoms with Crippen LogP contribution in [0.15, 0.2) is 0 Å². The Hall–Kier alpha value is 0.180. The Bertz CT molecular complexity index is 324. The molecule has 1 heterocycles. The second kappa shape index (κ2) is 5.22. The molecule has 0 saturated carbocycles. The molecule has 11 heteroatoms. The molecule has 0 aromatic rings. The Morgan fingerprint density at radius 2 is 2.00 bits per heavy atom. The van der Waals surface area contributed by atoms with E-state index in [1.54, 1.807) is 0 Å². The molecule has 9 nitrogen and oxygen atoms in total. The first-order valence-electron chi connectivity index (χ1n) is 4.16. The summed E-state index contributed by atoms with van der Waals surface area (Å²) in [5, 5.41) is 9.27. The highest BCUT2D eigenvalue weighted by molar-refractivity contribution is 7.61. The zero-order valence-corrected chi connectivity index (χ0v) is 10.0. The van der Waals surface area contributed by atoms with Gasteiger partial charge < -0.3 is 19.6 Å². The van der Waals surface area contributed by atoms with Crippen molar-refractivity contribution in [3.05, 3.63) is 0 Å². The summed E-state index contributed by atoms with van der Waals surface area (Å²) in [6.07, 6.45) is -2.09. The van der Waals surface area contributed by atoms with Crippen molar-refractivity contribution in [1.82, 2.24) is 0 Å². The lowest BCUT2D eigenvalue weighted by molar-refractivity contribution is -0.102. The van der Waals surface area contributed by atoms with E-state index in [9.17, 15) is 14.2 Å². The second-order valence-electron chi connectivity index (χ2n) is 2.90. The van der Waals surface area contributed by atoms with Gasteiger partial charge in [-0.2, -0.15) is 4.31 Å². The van der Waals surface area contributed by atoms with Gasteiger partial charge in [0.15, 0.2) is 6.29 Å². The largest absolute Gasteiger partial charge is 0.485 e. The molecule has 0 aliphatic carbocycles. The molecule has 0 amide bonds. The highest BCUT2D eigenvalue weighted by atomic mass is 31.3. The first kappa shape index (κ1) is 14.2. The minimum Gasteiger partial charge on any atom is -0.388 e. The highest BCUT2D eigenvalue weighted by Gasteiger charge is 2.41. The van der Waals surface area contributed by atoms with E-state index < -0.39 is 28.0 Å². The fourth-order valence-electron chi connectivity index (χ4n) is 1.01. The first-order chi connectivity index (χ1) is 7.26. The average molecular weight is 278 g/mol. The Balaban J connectivity index is 2.66. The summed E-state index contributed by atoms with van der Waals surface area (Å²) in [6, 6.07) is 0. The van der Waals surface area contributed by atoms with Crippen LogP contribution in [0.25, 0.3) is 0 Å². The molecule has 0 aromatic carbocycles. The number of aliphatic hydroxyl groups is 1. The van der Waals surface area contributed by atoms with Gasteiger partial charge in [0.1, 0.15) is 6.10 Å². The topological polar surface area (TPSA) is 132 Å². The third-order valence-corrected chi connectivity index (χ3v) is 4.24. The number of hydrogen-bond acceptors (Lipinski definition) is 7. The highest BCUT2D eigenvalue weighted by Crippen LogP contribution is 2.61. The number of rotatable bonds is 5. The molecule has 0 aromatic heterocycles. The van der Waals surface area contributed by atoms with Crippen molar-refractivity contribution in [3.8, 4) is 0 Å². The normalized spacial score (nSPS) is 30.2. The number of hydrogen-bond donors (Lipinski definition) is 3. The lowest BCUT2D eigenvalue weighted by Gasteiger charge is -2.20. The predicted molar refractivity (Wildman–Crippen MR) is 49.2 cm³/mol. The van der Waals surface area contributed by atoms with Crippen molar-refractivity contribution in [2.24, 2.45) is 0 Å². The molecule has 3 N–H and O–H groups in total. The van der Waals surface area contributed by atoms with Gasteiger partial charge in [-0.15, -0.1) is 0 Å². The molecule has 16 heavy (non-hydrogen) atoms. The number of ether oxygens (including phenoxy) is 1. The second-order valence-corrected chi connectivity index (χ2v) is 6.01. The maximum absolute atomic E-state index is 11.5. The van der Waals surface area contributed by atoms with E-state index >= 15 is 0 Å². The van der Waals surface area contributed by atoms with E-state index in [-0.39, 0.29) is 13.0 Å². The van der Waals surface area contributed by atoms with Gasteiger partial charge in [-0.25, -0.2) is 9.13 Å². The van der Waals surface area contributed by atoms with Crippen LogP contribution in [0, 0.1) is 0 Å². The van der Waals surface area contributed by atoms with Crippen LogP contribution in [0.2, 0.25) is 0 Å². The van der Waals surface area contributed by atoms with Gasteiger partial charge in [-0.3, -0.25) is 9.05 Å². The molecule has 1 fully saturated rings. The number of phosphoric ester groups is 1. The summed E-state index contributed by atoms with van der Waals surface area (Å²) in [7, 11) is -8.60. The molecular weight excluding hydrogens is 266 g/mol. The fraction of sp³-hybridized carbons (Fsp3) is 1.00. The average Bonchev–Trinajstić information content (AvgIpc) is 2.49. The van der Waals surface area contributed by atoms with Crippen LogP contribution in [0.1, 0.15) is 6.42 Å². The van der Waals surface area contributed by atoms with Crippen molar-refractivity contribution in [2.45, 2.75) is 18.8 Å². The zero-order chi connectivity index (χ0) is 12.4. The molecule has 0 bridgehead atoms. The first-order valence-corrected chi connectivity index (χ1v) is 7.15. The smallest absolute Gasteiger partial charge is 0.388 e. The van der Waals surface area contributed by atoms with Gasteiger partial charge in [0.05, 0.1) is 6.61 Å². The van der Waals surface area contributed by atoms with Crippen molar-refractivity contribution in [2.75, 3.05) is 13.7 Å². The maximum Gasteiger partial charge on any atom is 0.485 e. The molecule has 1 rings (SSSR count). The van der Waals surface area contributed by atoms with E-state index in [4.69, 9.17) is 14.5 Å². The van der Waals surface area contributed by atoms with E-state index in [1.807, 2.05) is 0 Å². The van der Waals surface area contributed by atoms with Gasteiger partial charge in [-0.05, 0) is 0 Å². The monoisotopic (exact) mass is 278 g/mol. The van der Waals surface area contributed by atoms with Gasteiger partial charge in [-0.1, -0.05) is 0 Å². The van der Waals surface area contributed by atoms with Crippen LogP contribution in [0.3, 0.4) is 0 Å². The molecule has 3 unspecified atom stereocenters. The molecule has 0 radical (unpaired) electrons. The summed E-state index contributed by atoms with van der Waals surface area (Å²) in [5.41, 5.74) is 0. The molecule has 1 aliphatic heterocycles. The minimum atomic E-state index is -5.03. The summed E-state index contributed by atoms with van der Waals surface area (Å²) in [5.74, 6) is 0. The van der Waals surface area contributed by atoms with Gasteiger partial charge in [0.25, 0.3) is 0 Å². The van der Waals surface area contributed by atoms with E-state index in [0.717, 1.165) is 7.11 Å².